The lowest BCUT2D eigenvalue weighted by molar-refractivity contribution is -0.140. The van der Waals surface area contributed by atoms with Crippen LogP contribution in [0.3, 0.4) is 0 Å². The van der Waals surface area contributed by atoms with Crippen molar-refractivity contribution >= 4 is 23.9 Å². The number of ether oxygens (including phenoxy) is 1. The van der Waals surface area contributed by atoms with Crippen molar-refractivity contribution in [3.8, 4) is 0 Å². The number of nitrogens with one attached hydrogen (secondary N) is 1. The third-order valence-corrected chi connectivity index (χ3v) is 1.83. The van der Waals surface area contributed by atoms with Gasteiger partial charge in [0.2, 0.25) is 0 Å². The number of carboxylic acids is 1. The molecule has 8 nitrogen and oxygen atoms in total. The van der Waals surface area contributed by atoms with Crippen LogP contribution in [0.15, 0.2) is 12.2 Å². The molecule has 0 unspecified atom stereocenters. The van der Waals surface area contributed by atoms with Gasteiger partial charge < -0.3 is 14.7 Å². The minimum Gasteiger partial charge on any atom is -0.478 e. The lowest BCUT2D eigenvalue weighted by Gasteiger charge is -2.15. The van der Waals surface area contributed by atoms with Crippen LogP contribution in [0, 0.1) is 0 Å². The molecule has 0 saturated carbocycles. The molecule has 0 radical (unpaired) electrons. The zero-order chi connectivity index (χ0) is 14.1. The molecule has 0 aromatic rings. The summed E-state index contributed by atoms with van der Waals surface area (Å²) >= 11 is 0. The van der Waals surface area contributed by atoms with Crippen molar-refractivity contribution in [1.29, 1.82) is 0 Å². The summed E-state index contributed by atoms with van der Waals surface area (Å²) in [6.45, 7) is 0.0778. The molecule has 8 heteroatoms. The van der Waals surface area contributed by atoms with Gasteiger partial charge in [-0.05, 0) is 0 Å². The van der Waals surface area contributed by atoms with Gasteiger partial charge in [-0.25, -0.2) is 9.59 Å². The van der Waals surface area contributed by atoms with E-state index < -0.39 is 23.9 Å². The summed E-state index contributed by atoms with van der Waals surface area (Å²) in [6.07, 6.45) is 1.32. The highest BCUT2D eigenvalue weighted by Crippen LogP contribution is 1.91. The fourth-order valence-corrected chi connectivity index (χ4v) is 0.852. The van der Waals surface area contributed by atoms with Crippen molar-refractivity contribution in [2.24, 2.45) is 0 Å². The molecule has 0 saturated heterocycles. The van der Waals surface area contributed by atoms with E-state index in [9.17, 15) is 19.2 Å². The number of aliphatic carboxylic acids is 1. The second-order valence-corrected chi connectivity index (χ2v) is 3.21. The maximum absolute atomic E-state index is 11.4. The molecule has 0 aliphatic heterocycles. The lowest BCUT2D eigenvalue weighted by Crippen LogP contribution is -2.41. The first-order valence-corrected chi connectivity index (χ1v) is 4.90. The Morgan fingerprint density at radius 1 is 1.28 bits per heavy atom. The maximum atomic E-state index is 11.4. The van der Waals surface area contributed by atoms with Gasteiger partial charge >= 0.3 is 18.0 Å². The van der Waals surface area contributed by atoms with Gasteiger partial charge in [0.05, 0.1) is 13.5 Å². The second kappa shape index (κ2) is 7.82. The van der Waals surface area contributed by atoms with Gasteiger partial charge in [0, 0.05) is 25.7 Å². The average Bonchev–Trinajstić information content (AvgIpc) is 2.32. The van der Waals surface area contributed by atoms with Crippen LogP contribution in [0.4, 0.5) is 4.79 Å². The summed E-state index contributed by atoms with van der Waals surface area (Å²) in [5.74, 6) is -2.63. The Morgan fingerprint density at radius 3 is 2.39 bits per heavy atom. The monoisotopic (exact) mass is 258 g/mol. The van der Waals surface area contributed by atoms with Gasteiger partial charge in [-0.2, -0.15) is 0 Å². The van der Waals surface area contributed by atoms with Gasteiger partial charge in [-0.1, -0.05) is 0 Å². The number of carbonyl (C=O) groups is 4. The Labute approximate surface area is 103 Å². The van der Waals surface area contributed by atoms with Crippen LogP contribution in [0.2, 0.25) is 0 Å². The number of rotatable bonds is 5. The molecule has 0 aromatic carbocycles. The fraction of sp³-hybridized carbons (Fsp3) is 0.400. The molecular weight excluding hydrogens is 244 g/mol. The summed E-state index contributed by atoms with van der Waals surface area (Å²) in [4.78, 5) is 44.5. The minimum absolute atomic E-state index is 0.000421. The van der Waals surface area contributed by atoms with Crippen molar-refractivity contribution in [3.05, 3.63) is 12.2 Å². The molecule has 2 N–H and O–H groups in total. The Balaban J connectivity index is 4.12. The number of urea groups is 1. The highest BCUT2D eigenvalue weighted by Gasteiger charge is 2.12. The number of amides is 3. The third-order valence-electron chi connectivity index (χ3n) is 1.83. The second-order valence-electron chi connectivity index (χ2n) is 3.21. The normalized spacial score (nSPS) is 9.89. The van der Waals surface area contributed by atoms with E-state index in [1.807, 2.05) is 5.32 Å². The first-order chi connectivity index (χ1) is 8.36. The van der Waals surface area contributed by atoms with Crippen LogP contribution in [-0.4, -0.2) is 54.6 Å². The van der Waals surface area contributed by atoms with Crippen molar-refractivity contribution in [2.75, 3.05) is 20.7 Å². The van der Waals surface area contributed by atoms with Crippen molar-refractivity contribution < 1.29 is 29.0 Å². The van der Waals surface area contributed by atoms with Crippen molar-refractivity contribution in [2.45, 2.75) is 6.42 Å². The van der Waals surface area contributed by atoms with Crippen LogP contribution < -0.4 is 5.32 Å². The Bertz CT molecular complexity index is 377. The summed E-state index contributed by atoms with van der Waals surface area (Å²) in [5.41, 5.74) is 0. The zero-order valence-corrected chi connectivity index (χ0v) is 10.0. The van der Waals surface area contributed by atoms with Crippen LogP contribution in [-0.2, 0) is 19.1 Å². The van der Waals surface area contributed by atoms with E-state index in [1.165, 1.54) is 14.2 Å². The summed E-state index contributed by atoms with van der Waals surface area (Å²) in [6, 6.07) is -0.737. The molecule has 0 bridgehead atoms. The number of carbonyl (C=O) groups excluding carboxylic acids is 3. The number of imide groups is 1. The van der Waals surface area contributed by atoms with E-state index in [2.05, 4.69) is 4.74 Å². The van der Waals surface area contributed by atoms with Crippen LogP contribution in [0.25, 0.3) is 0 Å². The maximum Gasteiger partial charge on any atom is 0.328 e. The molecule has 0 heterocycles. The number of hydrogen-bond acceptors (Lipinski definition) is 5. The molecule has 100 valence electrons. The SMILES string of the molecule is COC(=O)CCN(C)C(=O)NC(=O)C=CC(=O)O. The number of nitrogens with zero attached hydrogens (tertiary/aromatic N) is 1. The number of esters is 1. The third kappa shape index (κ3) is 6.99. The molecule has 0 fully saturated rings. The topological polar surface area (TPSA) is 113 Å². The predicted octanol–water partition coefficient (Wildman–Crippen LogP) is -0.642. The van der Waals surface area contributed by atoms with Crippen molar-refractivity contribution in [1.82, 2.24) is 10.2 Å². The average molecular weight is 258 g/mol. The Hall–Kier alpha value is -2.38. The highest BCUT2D eigenvalue weighted by molar-refractivity contribution is 6.02. The quantitative estimate of drug-likeness (QED) is 0.501. The minimum atomic E-state index is -1.29. The summed E-state index contributed by atoms with van der Waals surface area (Å²) in [7, 11) is 2.61. The molecule has 0 atom stereocenters. The van der Waals surface area contributed by atoms with Crippen LogP contribution in [0.5, 0.6) is 0 Å². The molecule has 3 amide bonds. The first-order valence-electron chi connectivity index (χ1n) is 4.90. The number of carboxylic acid groups (broad SMARTS) is 1. The number of hydrogen-bond donors (Lipinski definition) is 2. The van der Waals surface area contributed by atoms with E-state index in [-0.39, 0.29) is 13.0 Å². The first kappa shape index (κ1) is 15.6. The van der Waals surface area contributed by atoms with Gasteiger partial charge in [0.15, 0.2) is 0 Å². The molecule has 0 spiro atoms. The van der Waals surface area contributed by atoms with Crippen LogP contribution >= 0.6 is 0 Å². The van der Waals surface area contributed by atoms with E-state index in [4.69, 9.17) is 5.11 Å². The molecule has 0 aromatic heterocycles. The molecule has 0 rings (SSSR count). The van der Waals surface area contributed by atoms with E-state index in [1.54, 1.807) is 0 Å². The Morgan fingerprint density at radius 2 is 1.89 bits per heavy atom. The lowest BCUT2D eigenvalue weighted by atomic mass is 10.4. The smallest absolute Gasteiger partial charge is 0.328 e. The standard InChI is InChI=1S/C10H14N2O6/c1-12(6-5-9(16)18-2)10(17)11-7(13)3-4-8(14)15/h3-4H,5-6H2,1-2H3,(H,14,15)(H,11,13,17). The molecule has 18 heavy (non-hydrogen) atoms. The zero-order valence-electron chi connectivity index (χ0n) is 10.0. The highest BCUT2D eigenvalue weighted by atomic mass is 16.5. The van der Waals surface area contributed by atoms with Gasteiger partial charge in [0.1, 0.15) is 0 Å². The fourth-order valence-electron chi connectivity index (χ4n) is 0.852. The van der Waals surface area contributed by atoms with E-state index in [0.29, 0.717) is 12.2 Å². The molecule has 0 aliphatic rings. The number of methoxy groups -OCH3 is 1. The van der Waals surface area contributed by atoms with Gasteiger partial charge in [-0.3, -0.25) is 14.9 Å². The van der Waals surface area contributed by atoms with Gasteiger partial charge in [-0.15, -0.1) is 0 Å². The summed E-state index contributed by atoms with van der Waals surface area (Å²) < 4.78 is 4.39. The summed E-state index contributed by atoms with van der Waals surface area (Å²) in [5, 5.41) is 10.2. The van der Waals surface area contributed by atoms with E-state index >= 15 is 0 Å². The van der Waals surface area contributed by atoms with E-state index in [0.717, 1.165) is 4.90 Å². The van der Waals surface area contributed by atoms with Gasteiger partial charge in [0.25, 0.3) is 5.91 Å². The Kier molecular flexibility index (Phi) is 6.79. The predicted molar refractivity (Wildman–Crippen MR) is 59.6 cm³/mol. The molecule has 0 aliphatic carbocycles. The van der Waals surface area contributed by atoms with Crippen molar-refractivity contribution in [3.63, 3.8) is 0 Å². The largest absolute Gasteiger partial charge is 0.478 e. The molecular formula is C10H14N2O6. The van der Waals surface area contributed by atoms with Crippen LogP contribution in [0.1, 0.15) is 6.42 Å².